The number of rotatable bonds is 0. The van der Waals surface area contributed by atoms with Crippen molar-refractivity contribution in [3.05, 3.63) is 0 Å². The van der Waals surface area contributed by atoms with Crippen molar-refractivity contribution in [2.24, 2.45) is 5.41 Å². The molecular weight excluding hydrogens is 126 g/mol. The van der Waals surface area contributed by atoms with E-state index in [1.165, 1.54) is 25.9 Å². The summed E-state index contributed by atoms with van der Waals surface area (Å²) < 4.78 is 0. The van der Waals surface area contributed by atoms with Crippen LogP contribution in [0, 0.1) is 5.41 Å². The van der Waals surface area contributed by atoms with Gasteiger partial charge in [0.25, 0.3) is 0 Å². The zero-order valence-electron chi connectivity index (χ0n) is 6.27. The first-order chi connectivity index (χ1) is 4.81. The second-order valence-electron chi connectivity index (χ2n) is 3.83. The van der Waals surface area contributed by atoms with Crippen LogP contribution >= 0.6 is 0 Å². The van der Waals surface area contributed by atoms with Gasteiger partial charge in [0, 0.05) is 13.1 Å². The van der Waals surface area contributed by atoms with Crippen LogP contribution in [-0.4, -0.2) is 24.3 Å². The minimum Gasteiger partial charge on any atom is -0.393 e. The number of aliphatic hydroxyl groups excluding tert-OH is 1. The molecule has 0 amide bonds. The predicted molar refractivity (Wildman–Crippen MR) is 39.8 cm³/mol. The normalized spacial score (nSPS) is 32.1. The SMILES string of the molecule is OC1CCC2(CC1)CNC2. The maximum atomic E-state index is 9.24. The topological polar surface area (TPSA) is 32.3 Å². The summed E-state index contributed by atoms with van der Waals surface area (Å²) in [6, 6.07) is 0. The monoisotopic (exact) mass is 141 g/mol. The smallest absolute Gasteiger partial charge is 0.0540 e. The number of hydrogen-bond donors (Lipinski definition) is 2. The van der Waals surface area contributed by atoms with Gasteiger partial charge in [0.05, 0.1) is 6.10 Å². The van der Waals surface area contributed by atoms with Gasteiger partial charge in [-0.25, -0.2) is 0 Å². The number of nitrogens with one attached hydrogen (secondary N) is 1. The Balaban J connectivity index is 1.90. The third kappa shape index (κ3) is 0.956. The Kier molecular flexibility index (Phi) is 1.46. The van der Waals surface area contributed by atoms with Crippen molar-refractivity contribution in [3.63, 3.8) is 0 Å². The molecule has 2 rings (SSSR count). The molecule has 0 aromatic heterocycles. The highest BCUT2D eigenvalue weighted by molar-refractivity contribution is 4.95. The Morgan fingerprint density at radius 3 is 2.20 bits per heavy atom. The Morgan fingerprint density at radius 2 is 1.80 bits per heavy atom. The molecule has 2 heteroatoms. The predicted octanol–water partition coefficient (Wildman–Crippen LogP) is 0.511. The fourth-order valence-corrected chi connectivity index (χ4v) is 2.05. The third-order valence-corrected chi connectivity index (χ3v) is 3.02. The molecule has 2 nitrogen and oxygen atoms in total. The molecule has 1 spiro atoms. The molecule has 0 atom stereocenters. The lowest BCUT2D eigenvalue weighted by Gasteiger charge is -2.46. The van der Waals surface area contributed by atoms with Crippen LogP contribution in [0.25, 0.3) is 0 Å². The molecule has 1 saturated heterocycles. The molecule has 2 fully saturated rings. The Bertz CT molecular complexity index is 121. The molecule has 10 heavy (non-hydrogen) atoms. The molecule has 2 N–H and O–H groups in total. The van der Waals surface area contributed by atoms with E-state index in [2.05, 4.69) is 5.32 Å². The molecule has 0 aromatic rings. The fraction of sp³-hybridized carbons (Fsp3) is 1.00. The largest absolute Gasteiger partial charge is 0.393 e. The van der Waals surface area contributed by atoms with E-state index in [-0.39, 0.29) is 6.10 Å². The Morgan fingerprint density at radius 1 is 1.20 bits per heavy atom. The van der Waals surface area contributed by atoms with Crippen LogP contribution < -0.4 is 5.32 Å². The summed E-state index contributed by atoms with van der Waals surface area (Å²) in [5, 5.41) is 12.5. The summed E-state index contributed by atoms with van der Waals surface area (Å²) in [5.74, 6) is 0. The highest BCUT2D eigenvalue weighted by atomic mass is 16.3. The highest BCUT2D eigenvalue weighted by Gasteiger charge is 2.39. The van der Waals surface area contributed by atoms with Crippen LogP contribution in [0.4, 0.5) is 0 Å². The lowest BCUT2D eigenvalue weighted by molar-refractivity contribution is 0.0305. The minimum absolute atomic E-state index is 0.00576. The van der Waals surface area contributed by atoms with Crippen molar-refractivity contribution in [1.29, 1.82) is 0 Å². The van der Waals surface area contributed by atoms with E-state index in [1.54, 1.807) is 0 Å². The van der Waals surface area contributed by atoms with Gasteiger partial charge in [-0.2, -0.15) is 0 Å². The average molecular weight is 141 g/mol. The zero-order chi connectivity index (χ0) is 7.03. The lowest BCUT2D eigenvalue weighted by atomic mass is 9.69. The summed E-state index contributed by atoms with van der Waals surface area (Å²) in [7, 11) is 0. The van der Waals surface area contributed by atoms with E-state index < -0.39 is 0 Å². The standard InChI is InChI=1S/C8H15NO/c10-7-1-3-8(4-2-7)5-9-6-8/h7,9-10H,1-6H2. The molecule has 0 unspecified atom stereocenters. The summed E-state index contributed by atoms with van der Waals surface area (Å²) in [6.45, 7) is 2.39. The summed E-state index contributed by atoms with van der Waals surface area (Å²) in [4.78, 5) is 0. The first kappa shape index (κ1) is 6.62. The molecule has 0 bridgehead atoms. The average Bonchev–Trinajstić information content (AvgIpc) is 1.86. The lowest BCUT2D eigenvalue weighted by Crippen LogP contribution is -2.55. The van der Waals surface area contributed by atoms with Crippen LogP contribution in [-0.2, 0) is 0 Å². The van der Waals surface area contributed by atoms with E-state index in [0.29, 0.717) is 5.41 Å². The van der Waals surface area contributed by atoms with Crippen molar-refractivity contribution in [1.82, 2.24) is 5.32 Å². The summed E-state index contributed by atoms with van der Waals surface area (Å²) in [6.07, 6.45) is 4.54. The van der Waals surface area contributed by atoms with E-state index in [1.807, 2.05) is 0 Å². The van der Waals surface area contributed by atoms with Crippen LogP contribution in [0.1, 0.15) is 25.7 Å². The molecular formula is C8H15NO. The fourth-order valence-electron chi connectivity index (χ4n) is 2.05. The van der Waals surface area contributed by atoms with E-state index in [0.717, 1.165) is 12.8 Å². The van der Waals surface area contributed by atoms with Crippen LogP contribution in [0.3, 0.4) is 0 Å². The van der Waals surface area contributed by atoms with E-state index in [9.17, 15) is 5.11 Å². The van der Waals surface area contributed by atoms with Crippen molar-refractivity contribution < 1.29 is 5.11 Å². The maximum absolute atomic E-state index is 9.24. The van der Waals surface area contributed by atoms with Gasteiger partial charge in [-0.3, -0.25) is 0 Å². The van der Waals surface area contributed by atoms with Gasteiger partial charge in [0.2, 0.25) is 0 Å². The first-order valence-electron chi connectivity index (χ1n) is 4.20. The van der Waals surface area contributed by atoms with Crippen molar-refractivity contribution in [2.75, 3.05) is 13.1 Å². The summed E-state index contributed by atoms with van der Waals surface area (Å²) >= 11 is 0. The molecule has 1 aliphatic carbocycles. The van der Waals surface area contributed by atoms with Crippen LogP contribution in [0.2, 0.25) is 0 Å². The second kappa shape index (κ2) is 2.21. The molecule has 0 radical (unpaired) electrons. The molecule has 1 heterocycles. The third-order valence-electron chi connectivity index (χ3n) is 3.02. The van der Waals surface area contributed by atoms with Gasteiger partial charge in [-0.1, -0.05) is 0 Å². The van der Waals surface area contributed by atoms with Gasteiger partial charge < -0.3 is 10.4 Å². The molecule has 1 saturated carbocycles. The summed E-state index contributed by atoms with van der Waals surface area (Å²) in [5.41, 5.74) is 0.610. The molecule has 58 valence electrons. The Labute approximate surface area is 61.6 Å². The van der Waals surface area contributed by atoms with Gasteiger partial charge in [0.15, 0.2) is 0 Å². The Hall–Kier alpha value is -0.0800. The number of aliphatic hydroxyl groups is 1. The quantitative estimate of drug-likeness (QED) is 0.515. The molecule has 0 aromatic carbocycles. The zero-order valence-corrected chi connectivity index (χ0v) is 6.27. The minimum atomic E-state index is 0.00576. The van der Waals surface area contributed by atoms with Crippen molar-refractivity contribution in [2.45, 2.75) is 31.8 Å². The highest BCUT2D eigenvalue weighted by Crippen LogP contribution is 2.39. The second-order valence-corrected chi connectivity index (χ2v) is 3.83. The van der Waals surface area contributed by atoms with Crippen molar-refractivity contribution in [3.8, 4) is 0 Å². The van der Waals surface area contributed by atoms with Gasteiger partial charge in [-0.05, 0) is 31.1 Å². The van der Waals surface area contributed by atoms with Crippen LogP contribution in [0.15, 0.2) is 0 Å². The molecule has 2 aliphatic rings. The number of hydrogen-bond acceptors (Lipinski definition) is 2. The van der Waals surface area contributed by atoms with E-state index >= 15 is 0 Å². The van der Waals surface area contributed by atoms with Crippen LogP contribution in [0.5, 0.6) is 0 Å². The first-order valence-corrected chi connectivity index (χ1v) is 4.20. The van der Waals surface area contributed by atoms with Crippen molar-refractivity contribution >= 4 is 0 Å². The van der Waals surface area contributed by atoms with Gasteiger partial charge in [0.1, 0.15) is 0 Å². The van der Waals surface area contributed by atoms with Gasteiger partial charge >= 0.3 is 0 Å². The molecule has 1 aliphatic heterocycles. The van der Waals surface area contributed by atoms with E-state index in [4.69, 9.17) is 0 Å². The van der Waals surface area contributed by atoms with Gasteiger partial charge in [-0.15, -0.1) is 0 Å². The maximum Gasteiger partial charge on any atom is 0.0540 e.